The Morgan fingerprint density at radius 3 is 2.70 bits per heavy atom. The molecule has 1 aliphatic rings. The number of rotatable bonds is 3. The van der Waals surface area contributed by atoms with Crippen molar-refractivity contribution in [3.05, 3.63) is 29.1 Å². The van der Waals surface area contributed by atoms with Crippen LogP contribution >= 0.6 is 0 Å². The lowest BCUT2D eigenvalue weighted by molar-refractivity contribution is 0.351. The number of nitrogen functional groups attached to an aromatic ring is 1. The van der Waals surface area contributed by atoms with E-state index in [1.54, 1.807) is 10.2 Å². The molecule has 2 unspecified atom stereocenters. The third kappa shape index (κ3) is 3.68. The van der Waals surface area contributed by atoms with Crippen LogP contribution in [0, 0.1) is 18.8 Å². The molecule has 1 fully saturated rings. The van der Waals surface area contributed by atoms with E-state index in [1.807, 2.05) is 6.20 Å². The lowest BCUT2D eigenvalue weighted by atomic mass is 9.81. The Bertz CT molecular complexity index is 436. The van der Waals surface area contributed by atoms with E-state index in [0.717, 1.165) is 18.3 Å². The Balaban J connectivity index is 2.17. The van der Waals surface area contributed by atoms with Crippen molar-refractivity contribution < 1.29 is 0 Å². The highest BCUT2D eigenvalue weighted by Crippen LogP contribution is 2.33. The summed E-state index contributed by atoms with van der Waals surface area (Å²) < 4.78 is 1.76. The number of aryl methyl sites for hydroxylation is 1. The Labute approximate surface area is 124 Å². The van der Waals surface area contributed by atoms with Crippen molar-refractivity contribution in [2.75, 3.05) is 5.84 Å². The van der Waals surface area contributed by atoms with E-state index in [0.29, 0.717) is 0 Å². The monoisotopic (exact) mass is 274 g/mol. The van der Waals surface area contributed by atoms with Gasteiger partial charge in [-0.15, -0.1) is 0 Å². The molecule has 1 heterocycles. The summed E-state index contributed by atoms with van der Waals surface area (Å²) in [5.74, 6) is 7.68. The van der Waals surface area contributed by atoms with Gasteiger partial charge in [-0.2, -0.15) is 0 Å². The maximum Gasteiger partial charge on any atom is 0.0646 e. The second-order valence-corrected chi connectivity index (χ2v) is 6.53. The maximum atomic E-state index is 6.02. The molecule has 2 nitrogen and oxygen atoms in total. The summed E-state index contributed by atoms with van der Waals surface area (Å²) in [5, 5.41) is 0. The number of nitrogens with two attached hydrogens (primary N) is 1. The highest BCUT2D eigenvalue weighted by molar-refractivity contribution is 5.54. The molecule has 1 aliphatic carbocycles. The maximum absolute atomic E-state index is 6.02. The normalized spacial score (nSPS) is 25.2. The van der Waals surface area contributed by atoms with Crippen molar-refractivity contribution in [3.63, 3.8) is 0 Å². The number of hydrogen-bond acceptors (Lipinski definition) is 1. The lowest BCUT2D eigenvalue weighted by Gasteiger charge is -2.25. The van der Waals surface area contributed by atoms with Crippen LogP contribution in [-0.2, 0) is 0 Å². The Morgan fingerprint density at radius 1 is 1.30 bits per heavy atom. The quantitative estimate of drug-likeness (QED) is 0.780. The topological polar surface area (TPSA) is 30.9 Å². The van der Waals surface area contributed by atoms with Crippen LogP contribution in [0.5, 0.6) is 0 Å². The van der Waals surface area contributed by atoms with Crippen molar-refractivity contribution in [2.45, 2.75) is 65.7 Å². The van der Waals surface area contributed by atoms with Gasteiger partial charge in [-0.3, -0.25) is 4.68 Å². The van der Waals surface area contributed by atoms with E-state index in [-0.39, 0.29) is 0 Å². The van der Waals surface area contributed by atoms with Gasteiger partial charge < -0.3 is 5.84 Å². The molecule has 0 spiro atoms. The highest BCUT2D eigenvalue weighted by Gasteiger charge is 2.18. The first-order valence-corrected chi connectivity index (χ1v) is 8.25. The standard InChI is InChI=1S/C18H30N2/c1-4-16(13-18-15(3)11-12-20(18)19)17-8-6-5-7-14(2)9-10-17/h11-14,17H,4-10,19H2,1-3H3/b16-13+. The van der Waals surface area contributed by atoms with Crippen molar-refractivity contribution in [1.82, 2.24) is 4.68 Å². The van der Waals surface area contributed by atoms with Gasteiger partial charge in [0.15, 0.2) is 0 Å². The second-order valence-electron chi connectivity index (χ2n) is 6.53. The molecule has 1 saturated carbocycles. The van der Waals surface area contributed by atoms with Crippen LogP contribution in [0.25, 0.3) is 6.08 Å². The fraction of sp³-hybridized carbons (Fsp3) is 0.667. The number of aromatic nitrogens is 1. The van der Waals surface area contributed by atoms with E-state index < -0.39 is 0 Å². The van der Waals surface area contributed by atoms with Crippen molar-refractivity contribution in [2.24, 2.45) is 11.8 Å². The molecule has 1 aromatic heterocycles. The van der Waals surface area contributed by atoms with Gasteiger partial charge in [0.2, 0.25) is 0 Å². The van der Waals surface area contributed by atoms with Gasteiger partial charge in [-0.25, -0.2) is 0 Å². The molecule has 112 valence electrons. The third-order valence-corrected chi connectivity index (χ3v) is 4.93. The van der Waals surface area contributed by atoms with E-state index in [9.17, 15) is 0 Å². The first-order chi connectivity index (χ1) is 9.61. The van der Waals surface area contributed by atoms with Gasteiger partial charge in [0.05, 0.1) is 5.69 Å². The largest absolute Gasteiger partial charge is 0.339 e. The van der Waals surface area contributed by atoms with Gasteiger partial charge in [-0.1, -0.05) is 45.1 Å². The minimum Gasteiger partial charge on any atom is -0.339 e. The van der Waals surface area contributed by atoms with Crippen molar-refractivity contribution >= 4 is 6.08 Å². The molecule has 1 aromatic rings. The van der Waals surface area contributed by atoms with Crippen LogP contribution in [0.1, 0.15) is 70.1 Å². The average Bonchev–Trinajstić information content (AvgIpc) is 2.73. The molecule has 2 atom stereocenters. The van der Waals surface area contributed by atoms with Gasteiger partial charge in [0, 0.05) is 6.20 Å². The average molecular weight is 274 g/mol. The van der Waals surface area contributed by atoms with Gasteiger partial charge in [0.1, 0.15) is 0 Å². The van der Waals surface area contributed by atoms with Gasteiger partial charge in [-0.05, 0) is 55.7 Å². The van der Waals surface area contributed by atoms with Gasteiger partial charge >= 0.3 is 0 Å². The number of allylic oxidation sites excluding steroid dienone is 1. The van der Waals surface area contributed by atoms with E-state index in [2.05, 4.69) is 32.9 Å². The molecule has 0 amide bonds. The third-order valence-electron chi connectivity index (χ3n) is 4.93. The zero-order chi connectivity index (χ0) is 14.5. The second kappa shape index (κ2) is 7.01. The fourth-order valence-electron chi connectivity index (χ4n) is 3.46. The Morgan fingerprint density at radius 2 is 2.05 bits per heavy atom. The summed E-state index contributed by atoms with van der Waals surface area (Å²) in [4.78, 5) is 0. The van der Waals surface area contributed by atoms with Crippen LogP contribution in [0.15, 0.2) is 17.8 Å². The van der Waals surface area contributed by atoms with Crippen LogP contribution in [0.4, 0.5) is 0 Å². The summed E-state index contributed by atoms with van der Waals surface area (Å²) in [6, 6.07) is 2.10. The molecular formula is C18H30N2. The van der Waals surface area contributed by atoms with E-state index in [4.69, 9.17) is 5.84 Å². The summed E-state index contributed by atoms with van der Waals surface area (Å²) in [6.45, 7) is 6.84. The van der Waals surface area contributed by atoms with Crippen LogP contribution in [0.3, 0.4) is 0 Å². The van der Waals surface area contributed by atoms with E-state index >= 15 is 0 Å². The molecule has 2 heteroatoms. The predicted molar refractivity (Wildman–Crippen MR) is 87.9 cm³/mol. The highest BCUT2D eigenvalue weighted by atomic mass is 15.3. The van der Waals surface area contributed by atoms with Crippen LogP contribution in [-0.4, -0.2) is 4.68 Å². The minimum absolute atomic E-state index is 0.761. The predicted octanol–water partition coefficient (Wildman–Crippen LogP) is 4.91. The first kappa shape index (κ1) is 15.2. The molecule has 0 saturated heterocycles. The SMILES string of the molecule is CC/C(=C\c1c(C)ccn1N)C1CCCCC(C)CC1. The summed E-state index contributed by atoms with van der Waals surface area (Å²) in [5.41, 5.74) is 4.04. The Kier molecular flexibility index (Phi) is 5.33. The molecule has 2 N–H and O–H groups in total. The van der Waals surface area contributed by atoms with Crippen LogP contribution in [0.2, 0.25) is 0 Å². The van der Waals surface area contributed by atoms with E-state index in [1.165, 1.54) is 49.8 Å². The first-order valence-electron chi connectivity index (χ1n) is 8.25. The molecule has 0 bridgehead atoms. The summed E-state index contributed by atoms with van der Waals surface area (Å²) in [7, 11) is 0. The molecule has 0 aliphatic heterocycles. The lowest BCUT2D eigenvalue weighted by Crippen LogP contribution is -2.12. The smallest absolute Gasteiger partial charge is 0.0646 e. The summed E-state index contributed by atoms with van der Waals surface area (Å²) in [6.07, 6.45) is 13.7. The van der Waals surface area contributed by atoms with Crippen molar-refractivity contribution in [3.8, 4) is 0 Å². The molecule has 2 rings (SSSR count). The van der Waals surface area contributed by atoms with Crippen LogP contribution < -0.4 is 5.84 Å². The fourth-order valence-corrected chi connectivity index (χ4v) is 3.46. The van der Waals surface area contributed by atoms with Crippen molar-refractivity contribution in [1.29, 1.82) is 0 Å². The zero-order valence-corrected chi connectivity index (χ0v) is 13.4. The molecular weight excluding hydrogens is 244 g/mol. The number of hydrogen-bond donors (Lipinski definition) is 1. The Hall–Kier alpha value is -1.18. The van der Waals surface area contributed by atoms with Gasteiger partial charge in [0.25, 0.3) is 0 Å². The molecule has 0 radical (unpaired) electrons. The number of nitrogens with zero attached hydrogens (tertiary/aromatic N) is 1. The molecule has 0 aromatic carbocycles. The summed E-state index contributed by atoms with van der Waals surface area (Å²) >= 11 is 0. The zero-order valence-electron chi connectivity index (χ0n) is 13.4. The molecule has 20 heavy (non-hydrogen) atoms. The minimum atomic E-state index is 0.761.